The zero-order valence-corrected chi connectivity index (χ0v) is 6.22. The van der Waals surface area contributed by atoms with Crippen LogP contribution in [0.1, 0.15) is 0 Å². The Balaban J connectivity index is 3.08. The van der Waals surface area contributed by atoms with Crippen molar-refractivity contribution in [3.63, 3.8) is 0 Å². The van der Waals surface area contributed by atoms with Crippen molar-refractivity contribution in [1.82, 2.24) is 5.32 Å². The molecular formula is C6H13B2N. The second kappa shape index (κ2) is 7.41. The minimum absolute atomic E-state index is 1.04. The molecule has 0 fully saturated rings. The van der Waals surface area contributed by atoms with E-state index in [-0.39, 0.29) is 0 Å². The Kier molecular flexibility index (Phi) is 6.92. The summed E-state index contributed by atoms with van der Waals surface area (Å²) in [5.74, 6) is 4.25. The van der Waals surface area contributed by atoms with Gasteiger partial charge in [-0.1, -0.05) is 12.3 Å². The molecule has 0 aromatic carbocycles. The lowest BCUT2D eigenvalue weighted by Gasteiger charge is -1.81. The summed E-state index contributed by atoms with van der Waals surface area (Å²) in [5, 5.41) is 2.93. The lowest BCUT2D eigenvalue weighted by atomic mass is 9.78. The van der Waals surface area contributed by atoms with Crippen molar-refractivity contribution < 1.29 is 0 Å². The van der Waals surface area contributed by atoms with Gasteiger partial charge in [0.2, 0.25) is 0 Å². The first kappa shape index (κ1) is 8.41. The number of hydrogen-bond donors (Lipinski definition) is 1. The summed E-state index contributed by atoms with van der Waals surface area (Å²) in [5.41, 5.74) is 0. The van der Waals surface area contributed by atoms with Gasteiger partial charge in [0.15, 0.2) is 7.28 Å². The van der Waals surface area contributed by atoms with Gasteiger partial charge in [-0.25, -0.2) is 0 Å². The Morgan fingerprint density at radius 1 is 1.56 bits per heavy atom. The van der Waals surface area contributed by atoms with E-state index < -0.39 is 0 Å². The van der Waals surface area contributed by atoms with E-state index in [1.165, 1.54) is 0 Å². The Bertz CT molecular complexity index is 87.2. The summed E-state index contributed by atoms with van der Waals surface area (Å²) in [6, 6.07) is 0. The van der Waals surface area contributed by atoms with Crippen LogP contribution in [-0.4, -0.2) is 22.2 Å². The van der Waals surface area contributed by atoms with Crippen molar-refractivity contribution >= 4 is 15.1 Å². The zero-order valence-electron chi connectivity index (χ0n) is 6.22. The molecule has 1 N–H and O–H groups in total. The van der Waals surface area contributed by atoms with Crippen molar-refractivity contribution in [2.45, 2.75) is 6.32 Å². The molecule has 0 unspecified atom stereocenters. The van der Waals surface area contributed by atoms with Crippen molar-refractivity contribution in [1.29, 1.82) is 0 Å². The first-order valence-electron chi connectivity index (χ1n) is 3.39. The SMILES string of the molecule is BCC=CB/C=C\NC. The van der Waals surface area contributed by atoms with E-state index in [0.717, 1.165) is 13.6 Å². The highest BCUT2D eigenvalue weighted by Crippen LogP contribution is 1.75. The van der Waals surface area contributed by atoms with Crippen LogP contribution in [0.15, 0.2) is 24.2 Å². The maximum Gasteiger partial charge on any atom is 0.175 e. The predicted molar refractivity (Wildman–Crippen MR) is 47.8 cm³/mol. The van der Waals surface area contributed by atoms with Crippen LogP contribution in [0.4, 0.5) is 0 Å². The van der Waals surface area contributed by atoms with Gasteiger partial charge in [0.1, 0.15) is 7.85 Å². The maximum atomic E-state index is 2.93. The molecule has 0 bridgehead atoms. The lowest BCUT2D eigenvalue weighted by Crippen LogP contribution is -1.92. The summed E-state index contributed by atoms with van der Waals surface area (Å²) >= 11 is 0. The minimum atomic E-state index is 1.04. The molecule has 0 aromatic rings. The molecule has 9 heavy (non-hydrogen) atoms. The van der Waals surface area contributed by atoms with Crippen molar-refractivity contribution in [2.75, 3.05) is 7.05 Å². The van der Waals surface area contributed by atoms with Gasteiger partial charge in [0.05, 0.1) is 0 Å². The van der Waals surface area contributed by atoms with Gasteiger partial charge < -0.3 is 5.32 Å². The van der Waals surface area contributed by atoms with Crippen LogP contribution >= 0.6 is 0 Å². The Hall–Kier alpha value is -0.590. The van der Waals surface area contributed by atoms with Crippen LogP contribution in [0.2, 0.25) is 6.32 Å². The first-order chi connectivity index (χ1) is 4.41. The maximum absolute atomic E-state index is 2.93. The summed E-state index contributed by atoms with van der Waals surface area (Å²) in [7, 11) is 5.08. The molecule has 0 atom stereocenters. The molecule has 0 aromatic heterocycles. The normalized spacial score (nSPS) is 10.8. The molecule has 0 aliphatic heterocycles. The molecule has 0 amide bonds. The van der Waals surface area contributed by atoms with Crippen molar-refractivity contribution in [3.8, 4) is 0 Å². The predicted octanol–water partition coefficient (Wildman–Crippen LogP) is -0.321. The van der Waals surface area contributed by atoms with E-state index in [4.69, 9.17) is 0 Å². The second-order valence-corrected chi connectivity index (χ2v) is 1.81. The quantitative estimate of drug-likeness (QED) is 0.502. The second-order valence-electron chi connectivity index (χ2n) is 1.81. The van der Waals surface area contributed by atoms with E-state index in [0.29, 0.717) is 0 Å². The molecule has 48 valence electrons. The van der Waals surface area contributed by atoms with Crippen molar-refractivity contribution in [3.05, 3.63) is 24.2 Å². The van der Waals surface area contributed by atoms with E-state index in [1.807, 2.05) is 13.2 Å². The molecule has 0 aliphatic carbocycles. The van der Waals surface area contributed by atoms with Crippen molar-refractivity contribution in [2.24, 2.45) is 0 Å². The van der Waals surface area contributed by atoms with Gasteiger partial charge in [-0.3, -0.25) is 0 Å². The Labute approximate surface area is 58.9 Å². The Morgan fingerprint density at radius 3 is 2.89 bits per heavy atom. The Morgan fingerprint density at radius 2 is 2.33 bits per heavy atom. The van der Waals surface area contributed by atoms with Crippen LogP contribution in [-0.2, 0) is 0 Å². The molecule has 0 saturated carbocycles. The lowest BCUT2D eigenvalue weighted by molar-refractivity contribution is 1.11. The number of allylic oxidation sites excluding steroid dienone is 1. The topological polar surface area (TPSA) is 12.0 Å². The van der Waals surface area contributed by atoms with Crippen LogP contribution in [0.25, 0.3) is 0 Å². The number of hydrogen-bond acceptors (Lipinski definition) is 1. The zero-order chi connectivity index (χ0) is 6.95. The van der Waals surface area contributed by atoms with Gasteiger partial charge in [0.25, 0.3) is 0 Å². The molecule has 0 radical (unpaired) electrons. The highest BCUT2D eigenvalue weighted by atomic mass is 14.8. The summed E-state index contributed by atoms with van der Waals surface area (Å²) in [4.78, 5) is 0. The summed E-state index contributed by atoms with van der Waals surface area (Å²) in [6.45, 7) is 0. The summed E-state index contributed by atoms with van der Waals surface area (Å²) in [6.07, 6.45) is 5.24. The molecule has 0 heterocycles. The third kappa shape index (κ3) is 7.41. The highest BCUT2D eigenvalue weighted by Gasteiger charge is 1.71. The van der Waals surface area contributed by atoms with E-state index >= 15 is 0 Å². The molecular weight excluding hydrogens is 108 g/mol. The van der Waals surface area contributed by atoms with Gasteiger partial charge in [-0.2, -0.15) is 0 Å². The molecule has 0 aliphatic rings. The fraction of sp³-hybridized carbons (Fsp3) is 0.333. The van der Waals surface area contributed by atoms with Gasteiger partial charge >= 0.3 is 0 Å². The smallest absolute Gasteiger partial charge is 0.175 e. The highest BCUT2D eigenvalue weighted by molar-refractivity contribution is 6.48. The largest absolute Gasteiger partial charge is 0.395 e. The summed E-state index contributed by atoms with van der Waals surface area (Å²) < 4.78 is 0. The standard InChI is InChI=1S/C6H13B2N/c1-9-6-5-8-4-2-3-7/h2,4-6,8-9H,3,7H2,1H3/b4-2?,6-5-. The van der Waals surface area contributed by atoms with Crippen LogP contribution in [0.5, 0.6) is 0 Å². The van der Waals surface area contributed by atoms with Crippen LogP contribution in [0.3, 0.4) is 0 Å². The number of rotatable bonds is 4. The molecule has 1 nitrogen and oxygen atoms in total. The van der Waals surface area contributed by atoms with E-state index in [9.17, 15) is 0 Å². The first-order valence-corrected chi connectivity index (χ1v) is 3.39. The molecule has 0 saturated heterocycles. The van der Waals surface area contributed by atoms with E-state index in [1.54, 1.807) is 0 Å². The van der Waals surface area contributed by atoms with E-state index in [2.05, 4.69) is 31.2 Å². The number of nitrogens with one attached hydrogen (secondary N) is 1. The third-order valence-electron chi connectivity index (χ3n) is 0.959. The fourth-order valence-electron chi connectivity index (χ4n) is 0.527. The van der Waals surface area contributed by atoms with Crippen LogP contribution in [0, 0.1) is 0 Å². The average Bonchev–Trinajstić information content (AvgIpc) is 1.89. The van der Waals surface area contributed by atoms with Crippen LogP contribution < -0.4 is 5.32 Å². The molecule has 0 spiro atoms. The average molecular weight is 121 g/mol. The van der Waals surface area contributed by atoms with Gasteiger partial charge in [0, 0.05) is 7.05 Å². The molecule has 3 heteroatoms. The minimum Gasteiger partial charge on any atom is -0.395 e. The molecule has 0 rings (SSSR count). The fourth-order valence-corrected chi connectivity index (χ4v) is 0.527. The van der Waals surface area contributed by atoms with Gasteiger partial charge in [-0.15, -0.1) is 12.1 Å². The third-order valence-corrected chi connectivity index (χ3v) is 0.959. The van der Waals surface area contributed by atoms with Gasteiger partial charge in [-0.05, 0) is 6.20 Å². The monoisotopic (exact) mass is 121 g/mol.